The van der Waals surface area contributed by atoms with Crippen molar-refractivity contribution in [3.8, 4) is 79.0 Å². The lowest BCUT2D eigenvalue weighted by atomic mass is 9.88. The molecular formula is C43H27N3O. The van der Waals surface area contributed by atoms with E-state index < -0.39 is 0 Å². The van der Waals surface area contributed by atoms with Crippen LogP contribution in [0.2, 0.25) is 0 Å². The molecule has 8 aromatic rings. The van der Waals surface area contributed by atoms with Gasteiger partial charge in [0.2, 0.25) is 0 Å². The third-order valence-corrected chi connectivity index (χ3v) is 8.76. The Morgan fingerprint density at radius 3 is 1.40 bits per heavy atom. The lowest BCUT2D eigenvalue weighted by Gasteiger charge is -2.24. The smallest absolute Gasteiger partial charge is 0.164 e. The van der Waals surface area contributed by atoms with Crippen molar-refractivity contribution in [1.82, 2.24) is 15.0 Å². The van der Waals surface area contributed by atoms with Gasteiger partial charge in [-0.3, -0.25) is 0 Å². The summed E-state index contributed by atoms with van der Waals surface area (Å²) in [6.07, 6.45) is 0. The van der Waals surface area contributed by atoms with E-state index in [0.29, 0.717) is 17.5 Å². The summed E-state index contributed by atoms with van der Waals surface area (Å²) in [6.45, 7) is 0. The second-order valence-corrected chi connectivity index (χ2v) is 11.6. The Morgan fingerprint density at radius 2 is 0.787 bits per heavy atom. The van der Waals surface area contributed by atoms with Gasteiger partial charge in [-0.15, -0.1) is 0 Å². The lowest BCUT2D eigenvalue weighted by molar-refractivity contribution is 0.489. The number of hydrogen-bond donors (Lipinski definition) is 0. The summed E-state index contributed by atoms with van der Waals surface area (Å²) in [4.78, 5) is 14.6. The van der Waals surface area contributed by atoms with Crippen molar-refractivity contribution < 1.29 is 4.74 Å². The van der Waals surface area contributed by atoms with Crippen molar-refractivity contribution in [3.63, 3.8) is 0 Å². The molecule has 2 heterocycles. The zero-order chi connectivity index (χ0) is 31.2. The molecule has 0 aliphatic carbocycles. The summed E-state index contributed by atoms with van der Waals surface area (Å²) in [5.74, 6) is 3.72. The lowest BCUT2D eigenvalue weighted by Crippen LogP contribution is -2.00. The van der Waals surface area contributed by atoms with Crippen molar-refractivity contribution in [2.24, 2.45) is 0 Å². The summed E-state index contributed by atoms with van der Waals surface area (Å²) >= 11 is 0. The van der Waals surface area contributed by atoms with E-state index in [0.717, 1.165) is 66.8 Å². The summed E-state index contributed by atoms with van der Waals surface area (Å²) in [5.41, 5.74) is 9.62. The quantitative estimate of drug-likeness (QED) is 0.197. The fraction of sp³-hybridized carbons (Fsp3) is 0. The maximum absolute atomic E-state index is 6.68. The van der Waals surface area contributed by atoms with Crippen LogP contribution < -0.4 is 4.74 Å². The second kappa shape index (κ2) is 11.2. The zero-order valence-corrected chi connectivity index (χ0v) is 25.3. The Morgan fingerprint density at radius 1 is 0.319 bits per heavy atom. The van der Waals surface area contributed by atoms with Crippen LogP contribution in [0.5, 0.6) is 11.5 Å². The van der Waals surface area contributed by atoms with Crippen LogP contribution in [0.1, 0.15) is 0 Å². The van der Waals surface area contributed by atoms with Crippen LogP contribution >= 0.6 is 0 Å². The molecule has 4 heteroatoms. The molecule has 4 nitrogen and oxygen atoms in total. The molecule has 47 heavy (non-hydrogen) atoms. The third-order valence-electron chi connectivity index (χ3n) is 8.76. The highest BCUT2D eigenvalue weighted by atomic mass is 16.5. The monoisotopic (exact) mass is 601 g/mol. The number of ether oxygens (including phenoxy) is 1. The largest absolute Gasteiger partial charge is 0.455 e. The molecule has 0 N–H and O–H groups in total. The maximum atomic E-state index is 6.68. The highest BCUT2D eigenvalue weighted by Crippen LogP contribution is 2.51. The van der Waals surface area contributed by atoms with E-state index in [9.17, 15) is 0 Å². The highest BCUT2D eigenvalue weighted by molar-refractivity contribution is 6.10. The third kappa shape index (κ3) is 4.75. The molecule has 1 aliphatic rings. The minimum absolute atomic E-state index is 0.639. The number of hydrogen-bond acceptors (Lipinski definition) is 4. The predicted octanol–water partition coefficient (Wildman–Crippen LogP) is 11.1. The van der Waals surface area contributed by atoms with Crippen molar-refractivity contribution in [2.45, 2.75) is 0 Å². The predicted molar refractivity (Wildman–Crippen MR) is 190 cm³/mol. The highest BCUT2D eigenvalue weighted by Gasteiger charge is 2.24. The van der Waals surface area contributed by atoms with Gasteiger partial charge in [0.25, 0.3) is 0 Å². The summed E-state index contributed by atoms with van der Waals surface area (Å²) < 4.78 is 6.68. The molecule has 1 aliphatic heterocycles. The van der Waals surface area contributed by atoms with Crippen molar-refractivity contribution in [3.05, 3.63) is 164 Å². The molecular weight excluding hydrogens is 574 g/mol. The van der Waals surface area contributed by atoms with Gasteiger partial charge in [0.05, 0.1) is 0 Å². The van der Waals surface area contributed by atoms with Gasteiger partial charge in [0.1, 0.15) is 11.5 Å². The molecule has 0 saturated carbocycles. The van der Waals surface area contributed by atoms with Crippen molar-refractivity contribution >= 4 is 10.8 Å². The molecule has 0 unspecified atom stereocenters. The number of para-hydroxylation sites is 1. The molecule has 1 aromatic heterocycles. The number of rotatable bonds is 5. The minimum Gasteiger partial charge on any atom is -0.455 e. The van der Waals surface area contributed by atoms with Crippen LogP contribution in [-0.2, 0) is 0 Å². The Bertz CT molecular complexity index is 2350. The van der Waals surface area contributed by atoms with Gasteiger partial charge in [-0.1, -0.05) is 158 Å². The summed E-state index contributed by atoms with van der Waals surface area (Å²) in [5, 5.41) is 2.28. The molecule has 7 aromatic carbocycles. The van der Waals surface area contributed by atoms with Gasteiger partial charge in [0, 0.05) is 33.2 Å². The van der Waals surface area contributed by atoms with Crippen LogP contribution in [0, 0.1) is 0 Å². The Labute approximate surface area is 272 Å². The molecule has 0 amide bonds. The number of nitrogens with zero attached hydrogens (tertiary/aromatic N) is 3. The van der Waals surface area contributed by atoms with E-state index in [2.05, 4.69) is 97.1 Å². The van der Waals surface area contributed by atoms with Gasteiger partial charge in [-0.25, -0.2) is 15.0 Å². The molecule has 0 saturated heterocycles. The van der Waals surface area contributed by atoms with E-state index >= 15 is 0 Å². The first kappa shape index (κ1) is 27.0. The van der Waals surface area contributed by atoms with E-state index in [1.165, 1.54) is 5.56 Å². The van der Waals surface area contributed by atoms with E-state index in [-0.39, 0.29) is 0 Å². The van der Waals surface area contributed by atoms with Gasteiger partial charge < -0.3 is 4.74 Å². The summed E-state index contributed by atoms with van der Waals surface area (Å²) in [6, 6.07) is 56.2. The second-order valence-electron chi connectivity index (χ2n) is 11.6. The van der Waals surface area contributed by atoms with Gasteiger partial charge >= 0.3 is 0 Å². The van der Waals surface area contributed by atoms with Crippen LogP contribution in [0.4, 0.5) is 0 Å². The zero-order valence-electron chi connectivity index (χ0n) is 25.3. The van der Waals surface area contributed by atoms with E-state index in [1.54, 1.807) is 0 Å². The van der Waals surface area contributed by atoms with Gasteiger partial charge in [-0.05, 0) is 33.7 Å². The number of aromatic nitrogens is 3. The fourth-order valence-corrected chi connectivity index (χ4v) is 6.49. The molecule has 0 spiro atoms. The first-order valence-electron chi connectivity index (χ1n) is 15.7. The number of fused-ring (bicyclic) bond motifs is 2. The Hall–Kier alpha value is -6.39. The molecule has 0 bridgehead atoms. The van der Waals surface area contributed by atoms with Crippen molar-refractivity contribution in [2.75, 3.05) is 0 Å². The average molecular weight is 602 g/mol. The fourth-order valence-electron chi connectivity index (χ4n) is 6.49. The first-order valence-corrected chi connectivity index (χ1v) is 15.7. The normalized spacial score (nSPS) is 11.6. The minimum atomic E-state index is 0.639. The van der Waals surface area contributed by atoms with Crippen LogP contribution in [0.25, 0.3) is 78.3 Å². The van der Waals surface area contributed by atoms with Crippen molar-refractivity contribution in [1.29, 1.82) is 0 Å². The summed E-state index contributed by atoms with van der Waals surface area (Å²) in [7, 11) is 0. The molecule has 220 valence electrons. The van der Waals surface area contributed by atoms with E-state index in [4.69, 9.17) is 19.7 Å². The molecule has 0 radical (unpaired) electrons. The Kier molecular flexibility index (Phi) is 6.43. The molecule has 0 fully saturated rings. The average Bonchev–Trinajstić information content (AvgIpc) is 3.16. The molecule has 0 atom stereocenters. The van der Waals surface area contributed by atoms with Gasteiger partial charge in [0.15, 0.2) is 17.5 Å². The maximum Gasteiger partial charge on any atom is 0.164 e. The number of benzene rings is 7. The first-order chi connectivity index (χ1) is 23.3. The standard InChI is InChI=1S/C43H27N3O/c1-4-12-28(13-5-1)34-18-10-21-37-36-20-11-19-35-33(26-27-38(39(35)36)47-40(34)37)29-22-24-32(25-23-29)43-45-41(30-14-6-2-7-15-30)44-42(46-43)31-16-8-3-9-17-31/h1-27H. The van der Waals surface area contributed by atoms with E-state index in [1.807, 2.05) is 66.7 Å². The van der Waals surface area contributed by atoms with Crippen LogP contribution in [-0.4, -0.2) is 15.0 Å². The SMILES string of the molecule is c1ccc(-c2nc(-c3ccccc3)nc(-c3ccc(-c4ccc5c6c(cccc46)-c4cccc(-c6ccccc6)c4O5)cc3)n2)cc1. The van der Waals surface area contributed by atoms with Crippen LogP contribution in [0.3, 0.4) is 0 Å². The Balaban J connectivity index is 1.13. The van der Waals surface area contributed by atoms with Crippen LogP contribution in [0.15, 0.2) is 164 Å². The molecule has 9 rings (SSSR count). The topological polar surface area (TPSA) is 47.9 Å². The van der Waals surface area contributed by atoms with Gasteiger partial charge in [-0.2, -0.15) is 0 Å².